The standard InChI is InChI=1S/C12H17NO4S/c14-8-10-3-1-5-12(7-10)18(15,16)13-11-4-2-6-17-9-11/h1,3,5,7,11,13-14H,2,4,6,8-9H2. The van der Waals surface area contributed by atoms with E-state index in [0.717, 1.165) is 12.8 Å². The first-order valence-corrected chi connectivity index (χ1v) is 7.40. The van der Waals surface area contributed by atoms with Gasteiger partial charge in [-0.1, -0.05) is 12.1 Å². The van der Waals surface area contributed by atoms with Crippen LogP contribution < -0.4 is 4.72 Å². The van der Waals surface area contributed by atoms with Crippen LogP contribution >= 0.6 is 0 Å². The zero-order valence-corrected chi connectivity index (χ0v) is 10.8. The number of sulfonamides is 1. The Bertz CT molecular complexity index is 495. The molecular weight excluding hydrogens is 254 g/mol. The number of hydrogen-bond donors (Lipinski definition) is 2. The zero-order chi connectivity index (χ0) is 13.0. The molecule has 1 aliphatic rings. The lowest BCUT2D eigenvalue weighted by atomic mass is 10.1. The summed E-state index contributed by atoms with van der Waals surface area (Å²) < 4.78 is 32.1. The highest BCUT2D eigenvalue weighted by molar-refractivity contribution is 7.89. The molecule has 100 valence electrons. The van der Waals surface area contributed by atoms with Gasteiger partial charge in [-0.25, -0.2) is 13.1 Å². The Labute approximate surface area is 107 Å². The Hall–Kier alpha value is -0.950. The summed E-state index contributed by atoms with van der Waals surface area (Å²) in [5, 5.41) is 9.01. The molecule has 18 heavy (non-hydrogen) atoms. The van der Waals surface area contributed by atoms with Crippen molar-refractivity contribution in [3.63, 3.8) is 0 Å². The maximum atomic E-state index is 12.1. The van der Waals surface area contributed by atoms with E-state index in [4.69, 9.17) is 9.84 Å². The predicted octanol–water partition coefficient (Wildman–Crippen LogP) is 0.636. The van der Waals surface area contributed by atoms with Gasteiger partial charge < -0.3 is 9.84 Å². The second-order valence-corrected chi connectivity index (χ2v) is 6.05. The van der Waals surface area contributed by atoms with Crippen LogP contribution in [0.2, 0.25) is 0 Å². The van der Waals surface area contributed by atoms with Gasteiger partial charge in [-0.05, 0) is 30.5 Å². The van der Waals surface area contributed by atoms with Gasteiger partial charge in [0.25, 0.3) is 0 Å². The van der Waals surface area contributed by atoms with Crippen LogP contribution in [0.4, 0.5) is 0 Å². The number of ether oxygens (including phenoxy) is 1. The zero-order valence-electron chi connectivity index (χ0n) is 10.0. The van der Waals surface area contributed by atoms with Crippen LogP contribution in [0.25, 0.3) is 0 Å². The van der Waals surface area contributed by atoms with Gasteiger partial charge >= 0.3 is 0 Å². The molecule has 1 fully saturated rings. The summed E-state index contributed by atoms with van der Waals surface area (Å²) in [6.45, 7) is 0.938. The lowest BCUT2D eigenvalue weighted by Gasteiger charge is -2.23. The first-order chi connectivity index (χ1) is 8.62. The van der Waals surface area contributed by atoms with Gasteiger partial charge in [-0.15, -0.1) is 0 Å². The van der Waals surface area contributed by atoms with Crippen molar-refractivity contribution in [2.45, 2.75) is 30.4 Å². The van der Waals surface area contributed by atoms with Crippen molar-refractivity contribution >= 4 is 10.0 Å². The summed E-state index contributed by atoms with van der Waals surface area (Å²) in [5.74, 6) is 0. The smallest absolute Gasteiger partial charge is 0.240 e. The third kappa shape index (κ3) is 3.29. The number of aliphatic hydroxyl groups excluding tert-OH is 1. The minimum atomic E-state index is -3.53. The number of benzene rings is 1. The second-order valence-electron chi connectivity index (χ2n) is 4.34. The van der Waals surface area contributed by atoms with Crippen molar-refractivity contribution in [2.24, 2.45) is 0 Å². The van der Waals surface area contributed by atoms with Crippen molar-refractivity contribution < 1.29 is 18.3 Å². The monoisotopic (exact) mass is 271 g/mol. The molecule has 0 bridgehead atoms. The molecule has 6 heteroatoms. The maximum Gasteiger partial charge on any atom is 0.240 e. The summed E-state index contributed by atoms with van der Waals surface area (Å²) in [6.07, 6.45) is 1.66. The van der Waals surface area contributed by atoms with Crippen LogP contribution in [-0.4, -0.2) is 32.8 Å². The number of aliphatic hydroxyl groups is 1. The van der Waals surface area contributed by atoms with Crippen LogP contribution in [0.3, 0.4) is 0 Å². The highest BCUT2D eigenvalue weighted by Gasteiger charge is 2.22. The maximum absolute atomic E-state index is 12.1. The lowest BCUT2D eigenvalue weighted by molar-refractivity contribution is 0.0774. The Kier molecular flexibility index (Phi) is 4.34. The molecule has 2 rings (SSSR count). The molecule has 1 saturated heterocycles. The Morgan fingerprint density at radius 1 is 1.44 bits per heavy atom. The number of rotatable bonds is 4. The largest absolute Gasteiger partial charge is 0.392 e. The molecule has 0 radical (unpaired) electrons. The van der Waals surface area contributed by atoms with E-state index in [1.54, 1.807) is 12.1 Å². The van der Waals surface area contributed by atoms with Crippen molar-refractivity contribution in [3.8, 4) is 0 Å². The van der Waals surface area contributed by atoms with E-state index in [1.165, 1.54) is 12.1 Å². The van der Waals surface area contributed by atoms with Crippen LogP contribution in [0, 0.1) is 0 Å². The van der Waals surface area contributed by atoms with Crippen LogP contribution in [0.5, 0.6) is 0 Å². The molecular formula is C12H17NO4S. The minimum Gasteiger partial charge on any atom is -0.392 e. The molecule has 0 saturated carbocycles. The van der Waals surface area contributed by atoms with Gasteiger partial charge in [0, 0.05) is 12.6 Å². The first-order valence-electron chi connectivity index (χ1n) is 5.92. The topological polar surface area (TPSA) is 75.6 Å². The summed E-state index contributed by atoms with van der Waals surface area (Å²) in [6, 6.07) is 6.14. The fourth-order valence-electron chi connectivity index (χ4n) is 1.93. The van der Waals surface area contributed by atoms with Crippen molar-refractivity contribution in [1.82, 2.24) is 4.72 Å². The third-order valence-electron chi connectivity index (χ3n) is 2.87. The molecule has 1 aromatic carbocycles. The van der Waals surface area contributed by atoms with Gasteiger partial charge in [0.05, 0.1) is 18.1 Å². The minimum absolute atomic E-state index is 0.165. The SMILES string of the molecule is O=S(=O)(NC1CCCOC1)c1cccc(CO)c1. The first kappa shape index (κ1) is 13.5. The molecule has 2 N–H and O–H groups in total. The number of nitrogens with one attached hydrogen (secondary N) is 1. The molecule has 1 aromatic rings. The van der Waals surface area contributed by atoms with Crippen molar-refractivity contribution in [1.29, 1.82) is 0 Å². The van der Waals surface area contributed by atoms with Gasteiger partial charge in [0.2, 0.25) is 10.0 Å². The number of hydrogen-bond acceptors (Lipinski definition) is 4. The molecule has 5 nitrogen and oxygen atoms in total. The highest BCUT2D eigenvalue weighted by Crippen LogP contribution is 2.14. The second kappa shape index (κ2) is 5.79. The van der Waals surface area contributed by atoms with Crippen LogP contribution in [-0.2, 0) is 21.4 Å². The summed E-state index contributed by atoms with van der Waals surface area (Å²) in [5.41, 5.74) is 0.581. The van der Waals surface area contributed by atoms with Gasteiger partial charge in [-0.3, -0.25) is 0 Å². The van der Waals surface area contributed by atoms with Gasteiger partial charge in [-0.2, -0.15) is 0 Å². The lowest BCUT2D eigenvalue weighted by Crippen LogP contribution is -2.40. The van der Waals surface area contributed by atoms with Crippen molar-refractivity contribution in [3.05, 3.63) is 29.8 Å². The fourth-order valence-corrected chi connectivity index (χ4v) is 3.26. The van der Waals surface area contributed by atoms with E-state index < -0.39 is 10.0 Å². The van der Waals surface area contributed by atoms with E-state index in [2.05, 4.69) is 4.72 Å². The Morgan fingerprint density at radius 3 is 2.94 bits per heavy atom. The van der Waals surface area contributed by atoms with E-state index in [9.17, 15) is 8.42 Å². The summed E-state index contributed by atoms with van der Waals surface area (Å²) in [7, 11) is -3.53. The van der Waals surface area contributed by atoms with E-state index in [1.807, 2.05) is 0 Å². The van der Waals surface area contributed by atoms with E-state index >= 15 is 0 Å². The molecule has 0 amide bonds. The van der Waals surface area contributed by atoms with Crippen LogP contribution in [0.1, 0.15) is 18.4 Å². The predicted molar refractivity (Wildman–Crippen MR) is 66.5 cm³/mol. The fraction of sp³-hybridized carbons (Fsp3) is 0.500. The molecule has 0 spiro atoms. The highest BCUT2D eigenvalue weighted by atomic mass is 32.2. The average molecular weight is 271 g/mol. The molecule has 1 atom stereocenters. The van der Waals surface area contributed by atoms with Gasteiger partial charge in [0.1, 0.15) is 0 Å². The third-order valence-corrected chi connectivity index (χ3v) is 4.39. The van der Waals surface area contributed by atoms with E-state index in [0.29, 0.717) is 18.8 Å². The summed E-state index contributed by atoms with van der Waals surface area (Å²) >= 11 is 0. The van der Waals surface area contributed by atoms with E-state index in [-0.39, 0.29) is 17.5 Å². The Morgan fingerprint density at radius 2 is 2.28 bits per heavy atom. The molecule has 1 unspecified atom stereocenters. The van der Waals surface area contributed by atoms with Crippen molar-refractivity contribution in [2.75, 3.05) is 13.2 Å². The van der Waals surface area contributed by atoms with Gasteiger partial charge in [0.15, 0.2) is 0 Å². The Balaban J connectivity index is 2.13. The van der Waals surface area contributed by atoms with Crippen LogP contribution in [0.15, 0.2) is 29.2 Å². The molecule has 0 aliphatic carbocycles. The quantitative estimate of drug-likeness (QED) is 0.842. The summed E-state index contributed by atoms with van der Waals surface area (Å²) in [4.78, 5) is 0.180. The molecule has 1 aliphatic heterocycles. The molecule has 1 heterocycles. The molecule has 0 aromatic heterocycles. The average Bonchev–Trinajstić information content (AvgIpc) is 2.39. The normalized spacial score (nSPS) is 20.8.